The third-order valence-corrected chi connectivity index (χ3v) is 2.31. The molecular formula is C13H24O2. The summed E-state index contributed by atoms with van der Waals surface area (Å²) in [6.07, 6.45) is 11.2. The molecule has 2 atom stereocenters. The van der Waals surface area contributed by atoms with E-state index >= 15 is 0 Å². The molecule has 0 aliphatic heterocycles. The quantitative estimate of drug-likeness (QED) is 0.456. The van der Waals surface area contributed by atoms with Gasteiger partial charge in [0.25, 0.3) is 0 Å². The Morgan fingerprint density at radius 2 is 1.80 bits per heavy atom. The van der Waals surface area contributed by atoms with Crippen LogP contribution in [0.1, 0.15) is 45.4 Å². The van der Waals surface area contributed by atoms with Crippen LogP contribution in [0.4, 0.5) is 0 Å². The third kappa shape index (κ3) is 11.3. The summed E-state index contributed by atoms with van der Waals surface area (Å²) < 4.78 is 0. The van der Waals surface area contributed by atoms with Crippen molar-refractivity contribution < 1.29 is 10.2 Å². The Kier molecular flexibility index (Phi) is 9.54. The van der Waals surface area contributed by atoms with Gasteiger partial charge in [-0.2, -0.15) is 0 Å². The molecule has 0 saturated carbocycles. The maximum atomic E-state index is 9.20. The predicted octanol–water partition coefficient (Wildman–Crippen LogP) is 2.81. The summed E-state index contributed by atoms with van der Waals surface area (Å²) in [6, 6.07) is 0. The predicted molar refractivity (Wildman–Crippen MR) is 64.7 cm³/mol. The highest BCUT2D eigenvalue weighted by Gasteiger charge is 1.96. The number of hydrogen-bond donors (Lipinski definition) is 2. The number of aliphatic hydroxyl groups excluding tert-OH is 2. The van der Waals surface area contributed by atoms with Crippen molar-refractivity contribution in [2.24, 2.45) is 0 Å². The van der Waals surface area contributed by atoms with Gasteiger partial charge in [-0.25, -0.2) is 0 Å². The Bertz CT molecular complexity index is 173. The van der Waals surface area contributed by atoms with Crippen molar-refractivity contribution in [2.45, 2.75) is 57.7 Å². The second-order valence-electron chi connectivity index (χ2n) is 3.96. The first kappa shape index (κ1) is 14.4. The largest absolute Gasteiger partial charge is 0.389 e. The van der Waals surface area contributed by atoms with E-state index in [1.807, 2.05) is 12.2 Å². The van der Waals surface area contributed by atoms with Crippen molar-refractivity contribution in [2.75, 3.05) is 0 Å². The zero-order valence-corrected chi connectivity index (χ0v) is 9.73. The van der Waals surface area contributed by atoms with Crippen molar-refractivity contribution in [3.8, 4) is 0 Å². The van der Waals surface area contributed by atoms with Gasteiger partial charge < -0.3 is 10.2 Å². The average Bonchev–Trinajstić information content (AvgIpc) is 2.21. The van der Waals surface area contributed by atoms with Crippen molar-refractivity contribution in [3.63, 3.8) is 0 Å². The Morgan fingerprint density at radius 1 is 1.13 bits per heavy atom. The van der Waals surface area contributed by atoms with Gasteiger partial charge in [-0.3, -0.25) is 0 Å². The summed E-state index contributed by atoms with van der Waals surface area (Å²) >= 11 is 0. The van der Waals surface area contributed by atoms with Crippen LogP contribution in [0.5, 0.6) is 0 Å². The first-order valence-electron chi connectivity index (χ1n) is 5.82. The molecule has 0 spiro atoms. The minimum atomic E-state index is -0.333. The zero-order chi connectivity index (χ0) is 11.5. The van der Waals surface area contributed by atoms with Gasteiger partial charge in [-0.15, -0.1) is 6.58 Å². The molecule has 0 aromatic carbocycles. The summed E-state index contributed by atoms with van der Waals surface area (Å²) in [7, 11) is 0. The van der Waals surface area contributed by atoms with Crippen LogP contribution in [0.2, 0.25) is 0 Å². The molecule has 88 valence electrons. The van der Waals surface area contributed by atoms with E-state index in [-0.39, 0.29) is 12.2 Å². The Labute approximate surface area is 93.3 Å². The van der Waals surface area contributed by atoms with Gasteiger partial charge in [-0.05, 0) is 26.2 Å². The highest BCUT2D eigenvalue weighted by atomic mass is 16.3. The average molecular weight is 212 g/mol. The SMILES string of the molecule is C=CC(O)CCCCCC/C=C/C(C)O. The standard InChI is InChI=1S/C13H24O2/c1-3-13(15)11-9-7-5-4-6-8-10-12(2)14/h3,8,10,12-15H,1,4-7,9,11H2,2H3/b10-8+. The summed E-state index contributed by atoms with van der Waals surface area (Å²) in [6.45, 7) is 5.29. The fraction of sp³-hybridized carbons (Fsp3) is 0.692. The van der Waals surface area contributed by atoms with Crippen LogP contribution in [-0.4, -0.2) is 22.4 Å². The summed E-state index contributed by atoms with van der Waals surface area (Å²) in [5.41, 5.74) is 0. The smallest absolute Gasteiger partial charge is 0.0718 e. The van der Waals surface area contributed by atoms with Crippen LogP contribution in [0.15, 0.2) is 24.8 Å². The van der Waals surface area contributed by atoms with E-state index in [9.17, 15) is 5.11 Å². The van der Waals surface area contributed by atoms with Gasteiger partial charge in [-0.1, -0.05) is 37.5 Å². The zero-order valence-electron chi connectivity index (χ0n) is 9.73. The van der Waals surface area contributed by atoms with Crippen molar-refractivity contribution in [1.29, 1.82) is 0 Å². The molecule has 0 saturated heterocycles. The number of unbranched alkanes of at least 4 members (excludes halogenated alkanes) is 4. The van der Waals surface area contributed by atoms with Crippen molar-refractivity contribution >= 4 is 0 Å². The van der Waals surface area contributed by atoms with E-state index in [0.717, 1.165) is 32.1 Å². The molecule has 0 rings (SSSR count). The van der Waals surface area contributed by atoms with Crippen LogP contribution >= 0.6 is 0 Å². The van der Waals surface area contributed by atoms with E-state index in [1.54, 1.807) is 13.0 Å². The minimum Gasteiger partial charge on any atom is -0.389 e. The minimum absolute atomic E-state index is 0.326. The molecule has 2 unspecified atom stereocenters. The molecular weight excluding hydrogens is 188 g/mol. The first-order valence-corrected chi connectivity index (χ1v) is 5.82. The lowest BCUT2D eigenvalue weighted by atomic mass is 10.1. The lowest BCUT2D eigenvalue weighted by Gasteiger charge is -2.03. The molecule has 15 heavy (non-hydrogen) atoms. The lowest BCUT2D eigenvalue weighted by Crippen LogP contribution is -2.00. The Hall–Kier alpha value is -0.600. The summed E-state index contributed by atoms with van der Waals surface area (Å²) in [4.78, 5) is 0. The van der Waals surface area contributed by atoms with Crippen molar-refractivity contribution in [1.82, 2.24) is 0 Å². The highest BCUT2D eigenvalue weighted by Crippen LogP contribution is 2.08. The highest BCUT2D eigenvalue weighted by molar-refractivity contribution is 4.85. The van der Waals surface area contributed by atoms with E-state index < -0.39 is 0 Å². The number of aliphatic hydroxyl groups is 2. The van der Waals surface area contributed by atoms with Crippen LogP contribution in [0.25, 0.3) is 0 Å². The summed E-state index contributed by atoms with van der Waals surface area (Å²) in [5, 5.41) is 18.2. The van der Waals surface area contributed by atoms with Gasteiger partial charge in [0.1, 0.15) is 0 Å². The van der Waals surface area contributed by atoms with Crippen LogP contribution in [0, 0.1) is 0 Å². The van der Waals surface area contributed by atoms with Gasteiger partial charge in [0, 0.05) is 0 Å². The second-order valence-corrected chi connectivity index (χ2v) is 3.96. The van der Waals surface area contributed by atoms with Gasteiger partial charge in [0.05, 0.1) is 12.2 Å². The molecule has 0 aliphatic rings. The Balaban J connectivity index is 3.15. The molecule has 2 N–H and O–H groups in total. The number of hydrogen-bond acceptors (Lipinski definition) is 2. The van der Waals surface area contributed by atoms with Gasteiger partial charge in [0.15, 0.2) is 0 Å². The number of rotatable bonds is 9. The van der Waals surface area contributed by atoms with E-state index in [0.29, 0.717) is 0 Å². The molecule has 0 radical (unpaired) electrons. The molecule has 0 amide bonds. The second kappa shape index (κ2) is 9.94. The van der Waals surface area contributed by atoms with Crippen LogP contribution in [-0.2, 0) is 0 Å². The molecule has 2 heteroatoms. The Morgan fingerprint density at radius 3 is 2.40 bits per heavy atom. The maximum absolute atomic E-state index is 9.20. The topological polar surface area (TPSA) is 40.5 Å². The van der Waals surface area contributed by atoms with Gasteiger partial charge in [0.2, 0.25) is 0 Å². The molecule has 0 fully saturated rings. The van der Waals surface area contributed by atoms with E-state index in [2.05, 4.69) is 6.58 Å². The summed E-state index contributed by atoms with van der Waals surface area (Å²) in [5.74, 6) is 0. The van der Waals surface area contributed by atoms with E-state index in [4.69, 9.17) is 5.11 Å². The molecule has 2 nitrogen and oxygen atoms in total. The first-order chi connectivity index (χ1) is 7.16. The molecule has 0 aromatic rings. The fourth-order valence-electron chi connectivity index (χ4n) is 1.38. The molecule has 0 aliphatic carbocycles. The van der Waals surface area contributed by atoms with Crippen molar-refractivity contribution in [3.05, 3.63) is 24.8 Å². The third-order valence-electron chi connectivity index (χ3n) is 2.31. The molecule has 0 bridgehead atoms. The lowest BCUT2D eigenvalue weighted by molar-refractivity contribution is 0.208. The van der Waals surface area contributed by atoms with Crippen LogP contribution < -0.4 is 0 Å². The van der Waals surface area contributed by atoms with E-state index in [1.165, 1.54) is 6.42 Å². The van der Waals surface area contributed by atoms with Gasteiger partial charge >= 0.3 is 0 Å². The number of allylic oxidation sites excluding steroid dienone is 1. The normalized spacial score (nSPS) is 15.4. The van der Waals surface area contributed by atoms with Crippen LogP contribution in [0.3, 0.4) is 0 Å². The molecule has 0 aromatic heterocycles. The maximum Gasteiger partial charge on any atom is 0.0718 e. The fourth-order valence-corrected chi connectivity index (χ4v) is 1.38. The monoisotopic (exact) mass is 212 g/mol. The molecule has 0 heterocycles.